The van der Waals surface area contributed by atoms with E-state index < -0.39 is 5.92 Å². The number of likely N-dealkylation sites (tertiary alicyclic amines) is 1. The van der Waals surface area contributed by atoms with Crippen molar-refractivity contribution < 1.29 is 9.59 Å². The summed E-state index contributed by atoms with van der Waals surface area (Å²) in [6, 6.07) is 17.5. The van der Waals surface area contributed by atoms with E-state index in [2.05, 4.69) is 21.7 Å². The number of anilines is 3. The lowest BCUT2D eigenvalue weighted by Gasteiger charge is -2.35. The van der Waals surface area contributed by atoms with Gasteiger partial charge in [0, 0.05) is 43.0 Å². The largest absolute Gasteiger partial charge is 0.342 e. The normalized spacial score (nSPS) is 18.4. The summed E-state index contributed by atoms with van der Waals surface area (Å²) < 4.78 is 0. The number of carbonyl (C=O) groups is 2. The maximum Gasteiger partial charge on any atom is 0.230 e. The molecule has 1 saturated heterocycles. The molecule has 0 radical (unpaired) electrons. The summed E-state index contributed by atoms with van der Waals surface area (Å²) in [6.45, 7) is 3.35. The Labute approximate surface area is 193 Å². The van der Waals surface area contributed by atoms with Gasteiger partial charge < -0.3 is 15.5 Å². The summed E-state index contributed by atoms with van der Waals surface area (Å²) in [5, 5.41) is 6.18. The number of amides is 2. The smallest absolute Gasteiger partial charge is 0.230 e. The predicted octanol–water partition coefficient (Wildman–Crippen LogP) is 4.36. The minimum Gasteiger partial charge on any atom is -0.342 e. The fourth-order valence-electron chi connectivity index (χ4n) is 4.73. The molecular weight excluding hydrogens is 414 g/mol. The number of benzene rings is 1. The van der Waals surface area contributed by atoms with Crippen LogP contribution in [0.1, 0.15) is 47.9 Å². The third kappa shape index (κ3) is 4.44. The van der Waals surface area contributed by atoms with Crippen LogP contribution in [0.3, 0.4) is 0 Å². The molecule has 168 valence electrons. The lowest BCUT2D eigenvalue weighted by Crippen LogP contribution is -2.42. The van der Waals surface area contributed by atoms with Gasteiger partial charge in [-0.25, -0.2) is 9.97 Å². The molecule has 3 aromatic rings. The average Bonchev–Trinajstić information content (AvgIpc) is 2.85. The molecule has 1 fully saturated rings. The Morgan fingerprint density at radius 3 is 2.70 bits per heavy atom. The lowest BCUT2D eigenvalue weighted by molar-refractivity contribution is -0.135. The third-order valence-corrected chi connectivity index (χ3v) is 6.55. The molecule has 0 unspecified atom stereocenters. The van der Waals surface area contributed by atoms with Gasteiger partial charge in [-0.1, -0.05) is 30.3 Å². The van der Waals surface area contributed by atoms with Crippen LogP contribution in [0, 0.1) is 6.92 Å². The zero-order valence-electron chi connectivity index (χ0n) is 18.6. The van der Waals surface area contributed by atoms with Crippen molar-refractivity contribution in [2.24, 2.45) is 0 Å². The van der Waals surface area contributed by atoms with E-state index in [0.717, 1.165) is 47.0 Å². The Kier molecular flexibility index (Phi) is 5.77. The van der Waals surface area contributed by atoms with Crippen molar-refractivity contribution >= 4 is 29.1 Å². The Morgan fingerprint density at radius 1 is 1.06 bits per heavy atom. The van der Waals surface area contributed by atoms with Gasteiger partial charge in [0.1, 0.15) is 11.6 Å². The molecular formula is C26H27N5O2. The highest BCUT2D eigenvalue weighted by Crippen LogP contribution is 2.35. The van der Waals surface area contributed by atoms with Gasteiger partial charge in [0.25, 0.3) is 0 Å². The first-order chi connectivity index (χ1) is 16.1. The van der Waals surface area contributed by atoms with E-state index in [1.807, 2.05) is 60.4 Å². The number of aryl methyl sites for hydroxylation is 1. The summed E-state index contributed by atoms with van der Waals surface area (Å²) in [5.74, 6) is 1.42. The first-order valence-corrected chi connectivity index (χ1v) is 11.4. The minimum absolute atomic E-state index is 0.0461. The predicted molar refractivity (Wildman–Crippen MR) is 127 cm³/mol. The number of piperidine rings is 1. The van der Waals surface area contributed by atoms with Gasteiger partial charge in [0.2, 0.25) is 11.8 Å². The summed E-state index contributed by atoms with van der Waals surface area (Å²) in [5.41, 5.74) is 3.76. The van der Waals surface area contributed by atoms with Gasteiger partial charge in [-0.15, -0.1) is 0 Å². The van der Waals surface area contributed by atoms with Crippen LogP contribution in [0.2, 0.25) is 0 Å². The second kappa shape index (κ2) is 9.02. The topological polar surface area (TPSA) is 87.2 Å². The monoisotopic (exact) mass is 441 g/mol. The van der Waals surface area contributed by atoms with Gasteiger partial charge in [0.05, 0.1) is 5.92 Å². The zero-order valence-corrected chi connectivity index (χ0v) is 18.6. The van der Waals surface area contributed by atoms with Crippen LogP contribution in [-0.4, -0.2) is 39.8 Å². The highest BCUT2D eigenvalue weighted by Gasteiger charge is 2.35. The third-order valence-electron chi connectivity index (χ3n) is 6.55. The van der Waals surface area contributed by atoms with Crippen molar-refractivity contribution in [2.45, 2.75) is 38.0 Å². The average molecular weight is 442 g/mol. The maximum absolute atomic E-state index is 13.3. The molecule has 2 aliphatic rings. The Hall–Kier alpha value is -3.74. The molecule has 5 rings (SSSR count). The number of rotatable bonds is 4. The fourth-order valence-corrected chi connectivity index (χ4v) is 4.73. The van der Waals surface area contributed by atoms with E-state index in [-0.39, 0.29) is 18.2 Å². The molecule has 7 heteroatoms. The van der Waals surface area contributed by atoms with Crippen LogP contribution in [0.5, 0.6) is 0 Å². The molecule has 33 heavy (non-hydrogen) atoms. The van der Waals surface area contributed by atoms with Crippen molar-refractivity contribution in [3.8, 4) is 0 Å². The minimum atomic E-state index is -0.404. The van der Waals surface area contributed by atoms with E-state index in [0.29, 0.717) is 19.0 Å². The quantitative estimate of drug-likeness (QED) is 0.628. The van der Waals surface area contributed by atoms with Gasteiger partial charge >= 0.3 is 0 Å². The highest BCUT2D eigenvalue weighted by molar-refractivity contribution is 6.01. The second-order valence-corrected chi connectivity index (χ2v) is 8.73. The lowest BCUT2D eigenvalue weighted by atomic mass is 9.87. The van der Waals surface area contributed by atoms with E-state index in [1.165, 1.54) is 0 Å². The molecule has 0 spiro atoms. The number of carbonyl (C=O) groups excluding carboxylic acids is 2. The van der Waals surface area contributed by atoms with Crippen molar-refractivity contribution in [3.05, 3.63) is 77.6 Å². The number of nitrogens with one attached hydrogen (secondary N) is 2. The van der Waals surface area contributed by atoms with Crippen LogP contribution in [0.25, 0.3) is 0 Å². The summed E-state index contributed by atoms with van der Waals surface area (Å²) in [6.07, 6.45) is 3.68. The highest BCUT2D eigenvalue weighted by atomic mass is 16.2. The van der Waals surface area contributed by atoms with Crippen molar-refractivity contribution in [2.75, 3.05) is 23.7 Å². The molecule has 2 amide bonds. The number of para-hydroxylation sites is 1. The zero-order chi connectivity index (χ0) is 22.8. The van der Waals surface area contributed by atoms with Crippen LogP contribution in [0.15, 0.2) is 60.8 Å². The van der Waals surface area contributed by atoms with Crippen LogP contribution >= 0.6 is 0 Å². The number of nitrogens with zero attached hydrogens (tertiary/aromatic N) is 3. The number of aromatic nitrogens is 2. The van der Waals surface area contributed by atoms with Gasteiger partial charge in [-0.3, -0.25) is 9.59 Å². The molecule has 2 aliphatic heterocycles. The van der Waals surface area contributed by atoms with E-state index in [1.54, 1.807) is 6.20 Å². The first kappa shape index (κ1) is 21.1. The van der Waals surface area contributed by atoms with Crippen molar-refractivity contribution in [3.63, 3.8) is 0 Å². The molecule has 0 bridgehead atoms. The van der Waals surface area contributed by atoms with Crippen molar-refractivity contribution in [1.82, 2.24) is 14.9 Å². The standard InChI is InChI=1S/C26H27N5O2/c1-17-6-5-13-27-25(17)30-23-10-4-9-21(28-23)18-11-14-31(15-12-18)26(33)20-16-24(32)29-22-8-3-2-7-19(20)22/h2-10,13,18,20H,11-12,14-16H2,1H3,(H,29,32)(H,27,28,30)/t20-/m1/s1. The number of hydrogen-bond acceptors (Lipinski definition) is 5. The van der Waals surface area contributed by atoms with E-state index in [9.17, 15) is 9.59 Å². The molecule has 0 saturated carbocycles. The number of fused-ring (bicyclic) bond motifs is 1. The van der Waals surface area contributed by atoms with E-state index in [4.69, 9.17) is 4.98 Å². The first-order valence-electron chi connectivity index (χ1n) is 11.4. The molecule has 2 aromatic heterocycles. The number of hydrogen-bond donors (Lipinski definition) is 2. The summed E-state index contributed by atoms with van der Waals surface area (Å²) in [7, 11) is 0. The SMILES string of the molecule is Cc1cccnc1Nc1cccc(C2CCN(C(=O)[C@@H]3CC(=O)Nc4ccccc43)CC2)n1. The summed E-state index contributed by atoms with van der Waals surface area (Å²) in [4.78, 5) is 36.6. The molecule has 4 heterocycles. The molecule has 7 nitrogen and oxygen atoms in total. The molecule has 0 aliphatic carbocycles. The van der Waals surface area contributed by atoms with Crippen LogP contribution < -0.4 is 10.6 Å². The number of pyridine rings is 2. The second-order valence-electron chi connectivity index (χ2n) is 8.73. The summed E-state index contributed by atoms with van der Waals surface area (Å²) >= 11 is 0. The van der Waals surface area contributed by atoms with E-state index >= 15 is 0 Å². The molecule has 1 aromatic carbocycles. The maximum atomic E-state index is 13.3. The van der Waals surface area contributed by atoms with Gasteiger partial charge in [0.15, 0.2) is 0 Å². The molecule has 2 N–H and O–H groups in total. The molecule has 1 atom stereocenters. The van der Waals surface area contributed by atoms with Crippen LogP contribution in [-0.2, 0) is 9.59 Å². The Morgan fingerprint density at radius 2 is 1.88 bits per heavy atom. The Bertz CT molecular complexity index is 1190. The van der Waals surface area contributed by atoms with Crippen LogP contribution in [0.4, 0.5) is 17.3 Å². The van der Waals surface area contributed by atoms with Gasteiger partial charge in [-0.05, 0) is 55.2 Å². The fraction of sp³-hybridized carbons (Fsp3) is 0.308. The van der Waals surface area contributed by atoms with Gasteiger partial charge in [-0.2, -0.15) is 0 Å². The van der Waals surface area contributed by atoms with Crippen molar-refractivity contribution in [1.29, 1.82) is 0 Å². The Balaban J connectivity index is 1.25.